The highest BCUT2D eigenvalue weighted by Crippen LogP contribution is 2.41. The number of anilines is 3. The highest BCUT2D eigenvalue weighted by molar-refractivity contribution is 6.32. The molecule has 0 aromatic heterocycles. The normalized spacial score (nSPS) is 12.4. The number of benzene rings is 3. The first-order valence-electron chi connectivity index (χ1n) is 8.54. The van der Waals surface area contributed by atoms with Gasteiger partial charge in [0, 0.05) is 22.9 Å². The fraction of sp³-hybridized carbons (Fsp3) is 0.0909. The molecule has 3 aromatic rings. The molecule has 1 aliphatic rings. The van der Waals surface area contributed by atoms with Crippen LogP contribution in [0.3, 0.4) is 0 Å². The summed E-state index contributed by atoms with van der Waals surface area (Å²) in [6.07, 6.45) is 0. The SMILES string of the molecule is COc1cc(Nc2ccc(C)cc2)c2c(c1N)C(=O)c1ccccc1C2=O. The average Bonchev–Trinajstić information content (AvgIpc) is 2.68. The van der Waals surface area contributed by atoms with Crippen LogP contribution in [0.5, 0.6) is 5.75 Å². The van der Waals surface area contributed by atoms with Gasteiger partial charge in [0.1, 0.15) is 5.75 Å². The van der Waals surface area contributed by atoms with Crippen molar-refractivity contribution in [2.45, 2.75) is 6.92 Å². The summed E-state index contributed by atoms with van der Waals surface area (Å²) in [5.74, 6) is -0.156. The molecule has 3 N–H and O–H groups in total. The molecule has 5 nitrogen and oxygen atoms in total. The predicted molar refractivity (Wildman–Crippen MR) is 105 cm³/mol. The van der Waals surface area contributed by atoms with Crippen LogP contribution in [0.15, 0.2) is 54.6 Å². The van der Waals surface area contributed by atoms with E-state index < -0.39 is 0 Å². The Kier molecular flexibility index (Phi) is 3.92. The lowest BCUT2D eigenvalue weighted by molar-refractivity contribution is 0.0980. The van der Waals surface area contributed by atoms with Crippen molar-refractivity contribution in [3.63, 3.8) is 0 Å². The lowest BCUT2D eigenvalue weighted by atomic mass is 9.82. The second kappa shape index (κ2) is 6.29. The number of nitrogens with two attached hydrogens (primary N) is 1. The number of hydrogen-bond donors (Lipinski definition) is 2. The van der Waals surface area contributed by atoms with E-state index in [1.807, 2.05) is 31.2 Å². The number of nitrogen functional groups attached to an aromatic ring is 1. The Balaban J connectivity index is 1.94. The van der Waals surface area contributed by atoms with Crippen LogP contribution in [0.4, 0.5) is 17.1 Å². The molecule has 0 atom stereocenters. The third-order valence-electron chi connectivity index (χ3n) is 4.75. The molecule has 0 amide bonds. The Bertz CT molecular complexity index is 1090. The fourth-order valence-corrected chi connectivity index (χ4v) is 3.35. The number of fused-ring (bicyclic) bond motifs is 2. The van der Waals surface area contributed by atoms with Crippen LogP contribution in [0.1, 0.15) is 37.4 Å². The van der Waals surface area contributed by atoms with Gasteiger partial charge in [-0.3, -0.25) is 9.59 Å². The van der Waals surface area contributed by atoms with Gasteiger partial charge < -0.3 is 15.8 Å². The van der Waals surface area contributed by atoms with Gasteiger partial charge in [-0.1, -0.05) is 42.0 Å². The minimum Gasteiger partial charge on any atom is -0.494 e. The Morgan fingerprint density at radius 1 is 0.889 bits per heavy atom. The summed E-state index contributed by atoms with van der Waals surface area (Å²) in [5, 5.41) is 3.23. The van der Waals surface area contributed by atoms with Crippen LogP contribution in [0, 0.1) is 6.92 Å². The fourth-order valence-electron chi connectivity index (χ4n) is 3.35. The number of carbonyl (C=O) groups is 2. The summed E-state index contributed by atoms with van der Waals surface area (Å²) < 4.78 is 5.35. The van der Waals surface area contributed by atoms with Crippen LogP contribution in [-0.2, 0) is 0 Å². The summed E-state index contributed by atoms with van der Waals surface area (Å²) in [5.41, 5.74) is 9.97. The van der Waals surface area contributed by atoms with E-state index in [2.05, 4.69) is 5.32 Å². The van der Waals surface area contributed by atoms with Gasteiger partial charge in [0.25, 0.3) is 0 Å². The third-order valence-corrected chi connectivity index (χ3v) is 4.75. The number of ether oxygens (including phenoxy) is 1. The molecule has 0 heterocycles. The maximum Gasteiger partial charge on any atom is 0.196 e. The standard InChI is InChI=1S/C22H18N2O3/c1-12-7-9-13(10-8-12)24-16-11-17(27-2)20(23)19-18(16)21(25)14-5-3-4-6-15(14)22(19)26/h3-11,24H,23H2,1-2H3. The molecule has 0 spiro atoms. The number of hydrogen-bond acceptors (Lipinski definition) is 5. The maximum absolute atomic E-state index is 13.2. The van der Waals surface area contributed by atoms with E-state index in [9.17, 15) is 9.59 Å². The van der Waals surface area contributed by atoms with Gasteiger partial charge >= 0.3 is 0 Å². The van der Waals surface area contributed by atoms with Crippen molar-refractivity contribution >= 4 is 28.6 Å². The molecule has 0 saturated carbocycles. The van der Waals surface area contributed by atoms with Crippen molar-refractivity contribution in [1.82, 2.24) is 0 Å². The van der Waals surface area contributed by atoms with Crippen LogP contribution in [0.25, 0.3) is 0 Å². The second-order valence-electron chi connectivity index (χ2n) is 6.48. The first-order valence-corrected chi connectivity index (χ1v) is 8.54. The summed E-state index contributed by atoms with van der Waals surface area (Å²) in [4.78, 5) is 26.3. The highest BCUT2D eigenvalue weighted by Gasteiger charge is 2.34. The average molecular weight is 358 g/mol. The van der Waals surface area contributed by atoms with E-state index in [1.54, 1.807) is 30.3 Å². The summed E-state index contributed by atoms with van der Waals surface area (Å²) in [6, 6.07) is 16.2. The molecule has 134 valence electrons. The molecule has 1 aliphatic carbocycles. The minimum atomic E-state index is -0.274. The van der Waals surface area contributed by atoms with Crippen LogP contribution in [-0.4, -0.2) is 18.7 Å². The van der Waals surface area contributed by atoms with E-state index in [0.29, 0.717) is 22.6 Å². The monoisotopic (exact) mass is 358 g/mol. The first kappa shape index (κ1) is 16.8. The van der Waals surface area contributed by atoms with Crippen molar-refractivity contribution in [2.24, 2.45) is 0 Å². The van der Waals surface area contributed by atoms with Crippen molar-refractivity contribution in [2.75, 3.05) is 18.2 Å². The number of nitrogens with one attached hydrogen (secondary N) is 1. The van der Waals surface area contributed by atoms with Gasteiger partial charge in [0.05, 0.1) is 29.6 Å². The molecular formula is C22H18N2O3. The minimum absolute atomic E-state index is 0.176. The van der Waals surface area contributed by atoms with Crippen molar-refractivity contribution in [3.8, 4) is 5.75 Å². The van der Waals surface area contributed by atoms with Crippen LogP contribution >= 0.6 is 0 Å². The Morgan fingerprint density at radius 3 is 2.07 bits per heavy atom. The van der Waals surface area contributed by atoms with Gasteiger partial charge in [-0.2, -0.15) is 0 Å². The lowest BCUT2D eigenvalue weighted by Gasteiger charge is -2.23. The molecule has 0 radical (unpaired) electrons. The van der Waals surface area contributed by atoms with Gasteiger partial charge in [0.15, 0.2) is 11.6 Å². The number of aryl methyl sites for hydroxylation is 1. The zero-order chi connectivity index (χ0) is 19.1. The molecular weight excluding hydrogens is 340 g/mol. The lowest BCUT2D eigenvalue weighted by Crippen LogP contribution is -2.24. The van der Waals surface area contributed by atoms with E-state index >= 15 is 0 Å². The molecule has 0 unspecified atom stereocenters. The molecule has 0 aliphatic heterocycles. The number of ketones is 2. The predicted octanol–water partition coefficient (Wildman–Crippen LogP) is 4.10. The summed E-state index contributed by atoms with van der Waals surface area (Å²) >= 11 is 0. The Morgan fingerprint density at radius 2 is 1.48 bits per heavy atom. The molecule has 0 saturated heterocycles. The zero-order valence-electron chi connectivity index (χ0n) is 15.0. The molecule has 0 bridgehead atoms. The van der Waals surface area contributed by atoms with Crippen LogP contribution in [0.2, 0.25) is 0 Å². The maximum atomic E-state index is 13.2. The van der Waals surface area contributed by atoms with Crippen molar-refractivity contribution in [1.29, 1.82) is 0 Å². The molecule has 5 heteroatoms. The molecule has 3 aromatic carbocycles. The van der Waals surface area contributed by atoms with E-state index in [-0.39, 0.29) is 28.4 Å². The first-order chi connectivity index (χ1) is 13.0. The Labute approximate surface area is 156 Å². The molecule has 4 rings (SSSR count). The Hall–Kier alpha value is -3.60. The summed E-state index contributed by atoms with van der Waals surface area (Å²) in [7, 11) is 1.48. The van der Waals surface area contributed by atoms with E-state index in [4.69, 9.17) is 10.5 Å². The topological polar surface area (TPSA) is 81.4 Å². The number of methoxy groups -OCH3 is 1. The quantitative estimate of drug-likeness (QED) is 0.539. The molecule has 0 fully saturated rings. The van der Waals surface area contributed by atoms with E-state index in [1.165, 1.54) is 7.11 Å². The zero-order valence-corrected chi connectivity index (χ0v) is 15.0. The smallest absolute Gasteiger partial charge is 0.196 e. The third kappa shape index (κ3) is 2.64. The van der Waals surface area contributed by atoms with Crippen molar-refractivity contribution in [3.05, 3.63) is 82.4 Å². The van der Waals surface area contributed by atoms with Gasteiger partial charge in [-0.15, -0.1) is 0 Å². The van der Waals surface area contributed by atoms with Gasteiger partial charge in [-0.05, 0) is 19.1 Å². The van der Waals surface area contributed by atoms with Crippen molar-refractivity contribution < 1.29 is 14.3 Å². The second-order valence-corrected chi connectivity index (χ2v) is 6.48. The number of rotatable bonds is 3. The van der Waals surface area contributed by atoms with E-state index in [0.717, 1.165) is 11.3 Å². The molecule has 27 heavy (non-hydrogen) atoms. The van der Waals surface area contributed by atoms with Crippen LogP contribution < -0.4 is 15.8 Å². The number of carbonyl (C=O) groups excluding carboxylic acids is 2. The highest BCUT2D eigenvalue weighted by atomic mass is 16.5. The summed E-state index contributed by atoms with van der Waals surface area (Å²) in [6.45, 7) is 2.00. The van der Waals surface area contributed by atoms with Gasteiger partial charge in [-0.25, -0.2) is 0 Å². The van der Waals surface area contributed by atoms with Gasteiger partial charge in [0.2, 0.25) is 0 Å². The largest absolute Gasteiger partial charge is 0.494 e.